The van der Waals surface area contributed by atoms with Gasteiger partial charge in [-0.3, -0.25) is 13.7 Å². The summed E-state index contributed by atoms with van der Waals surface area (Å²) in [6, 6.07) is 7.24. The molecule has 0 saturated carbocycles. The van der Waals surface area contributed by atoms with Gasteiger partial charge < -0.3 is 20.6 Å². The first-order valence-electron chi connectivity index (χ1n) is 12.8. The van der Waals surface area contributed by atoms with Crippen LogP contribution in [0.3, 0.4) is 0 Å². The highest BCUT2D eigenvalue weighted by Gasteiger charge is 2.27. The van der Waals surface area contributed by atoms with Gasteiger partial charge >= 0.3 is 0 Å². The van der Waals surface area contributed by atoms with Crippen LogP contribution in [0.2, 0.25) is 0 Å². The number of fused-ring (bicyclic) bond motifs is 1. The largest absolute Gasteiger partial charge is 0.505 e. The van der Waals surface area contributed by atoms with Gasteiger partial charge in [-0.25, -0.2) is 10.5 Å². The number of hydrogen-bond donors (Lipinski definition) is 9. The van der Waals surface area contributed by atoms with Gasteiger partial charge in [0.05, 0.1) is 44.2 Å². The Hall–Kier alpha value is -4.53. The number of aliphatic hydroxyl groups excluding tert-OH is 1. The van der Waals surface area contributed by atoms with Gasteiger partial charge in [0, 0.05) is 5.69 Å². The maximum absolute atomic E-state index is 12.4. The summed E-state index contributed by atoms with van der Waals surface area (Å²) in [6.45, 7) is 3.19. The van der Waals surface area contributed by atoms with E-state index >= 15 is 0 Å². The number of nitrogens with zero attached hydrogens (tertiary/aromatic N) is 4. The van der Waals surface area contributed by atoms with Crippen LogP contribution in [-0.2, 0) is 49.1 Å². The topological polar surface area (TPSA) is 363 Å². The summed E-state index contributed by atoms with van der Waals surface area (Å²) in [6.07, 6.45) is 0. The Bertz CT molecular complexity index is 2460. The van der Waals surface area contributed by atoms with Gasteiger partial charge in [0.1, 0.15) is 32.5 Å². The first-order chi connectivity index (χ1) is 24.3. The number of benzene rings is 4. The van der Waals surface area contributed by atoms with Crippen molar-refractivity contribution in [2.45, 2.75) is 24.5 Å². The molecular weight excluding hydrogens is 807 g/mol. The Morgan fingerprint density at radius 3 is 1.81 bits per heavy atom. The van der Waals surface area contributed by atoms with E-state index in [-0.39, 0.29) is 50.6 Å². The zero-order valence-corrected chi connectivity index (χ0v) is 28.9. The van der Waals surface area contributed by atoms with Crippen molar-refractivity contribution in [3.63, 3.8) is 0 Å². The third kappa shape index (κ3) is 9.46. The predicted molar refractivity (Wildman–Crippen MR) is 175 cm³/mol. The summed E-state index contributed by atoms with van der Waals surface area (Å²) >= 11 is 0.275. The molecule has 0 amide bonds. The number of anilines is 1. The zero-order chi connectivity index (χ0) is 38.6. The minimum Gasteiger partial charge on any atom is -0.505 e. The highest BCUT2D eigenvalue weighted by atomic mass is 32.2. The Balaban J connectivity index is 1.97. The van der Waals surface area contributed by atoms with Crippen molar-refractivity contribution < 1.29 is 83.5 Å². The maximum atomic E-state index is 12.4. The normalized spacial score (nSPS) is 12.6. The molecule has 0 heterocycles. The van der Waals surface area contributed by atoms with Gasteiger partial charge in [-0.2, -0.15) is 25.3 Å². The van der Waals surface area contributed by atoms with Crippen LogP contribution in [0.1, 0.15) is 0 Å². The molecule has 4 aromatic carbocycles. The molecular formula is C24H19N5O18S5. The van der Waals surface area contributed by atoms with E-state index in [1.807, 2.05) is 0 Å². The summed E-state index contributed by atoms with van der Waals surface area (Å²) in [4.78, 5) is -3.33. The molecule has 9 N–H and O–H groups in total. The number of aromatic hydroxyl groups is 2. The number of phenols is 2. The highest BCUT2D eigenvalue weighted by Crippen LogP contribution is 2.51. The molecule has 23 nitrogen and oxygen atoms in total. The van der Waals surface area contributed by atoms with Crippen LogP contribution < -0.4 is 5.32 Å². The third-order valence-corrected chi connectivity index (χ3v) is 9.96. The average molecular weight is 826 g/mol. The SMILES string of the molecule is C=C(O)Nc1ccc(N=Nc2c(SOOO)cc3cc(S(=O)(=O)O)c(N=Nc4ccc(S(=O)(=O)O)cc4SOOO)c(O)c3c2O)c(S(=O)(=O)O)c1. The van der Waals surface area contributed by atoms with E-state index in [0.29, 0.717) is 6.07 Å². The maximum Gasteiger partial charge on any atom is 0.296 e. The van der Waals surface area contributed by atoms with E-state index in [1.165, 1.54) is 6.07 Å². The number of hydrogen-bond acceptors (Lipinski definition) is 22. The second-order valence-electron chi connectivity index (χ2n) is 9.40. The van der Waals surface area contributed by atoms with Crippen molar-refractivity contribution in [3.8, 4) is 11.5 Å². The molecule has 0 aliphatic carbocycles. The highest BCUT2D eigenvalue weighted by molar-refractivity contribution is 7.95. The fourth-order valence-electron chi connectivity index (χ4n) is 4.08. The van der Waals surface area contributed by atoms with Crippen molar-refractivity contribution in [2.75, 3.05) is 5.32 Å². The van der Waals surface area contributed by atoms with Gasteiger partial charge in [0.2, 0.25) is 0 Å². The quantitative estimate of drug-likeness (QED) is 0.0163. The van der Waals surface area contributed by atoms with E-state index in [1.54, 1.807) is 0 Å². The summed E-state index contributed by atoms with van der Waals surface area (Å²) in [5.74, 6) is -2.80. The molecule has 0 fully saturated rings. The van der Waals surface area contributed by atoms with Gasteiger partial charge in [-0.1, -0.05) is 10.1 Å². The number of rotatable bonds is 15. The van der Waals surface area contributed by atoms with E-state index in [4.69, 9.17) is 10.5 Å². The molecule has 0 unspecified atom stereocenters. The molecule has 0 aliphatic heterocycles. The summed E-state index contributed by atoms with van der Waals surface area (Å²) in [5, 5.41) is 72.2. The first-order valence-corrected chi connectivity index (χ1v) is 18.6. The Morgan fingerprint density at radius 1 is 0.673 bits per heavy atom. The summed E-state index contributed by atoms with van der Waals surface area (Å²) in [7, 11) is -15.1. The minimum atomic E-state index is -5.27. The lowest BCUT2D eigenvalue weighted by Crippen LogP contribution is -2.01. The fourth-order valence-corrected chi connectivity index (χ4v) is 6.93. The van der Waals surface area contributed by atoms with Crippen LogP contribution in [0.15, 0.2) is 106 Å². The Labute approximate surface area is 298 Å². The van der Waals surface area contributed by atoms with Gasteiger partial charge in [-0.15, -0.1) is 29.1 Å². The molecule has 278 valence electrons. The predicted octanol–water partition coefficient (Wildman–Crippen LogP) is 6.12. The van der Waals surface area contributed by atoms with Crippen molar-refractivity contribution in [1.82, 2.24) is 0 Å². The molecule has 0 aliphatic rings. The second-order valence-corrected chi connectivity index (χ2v) is 15.1. The lowest BCUT2D eigenvalue weighted by Gasteiger charge is -2.13. The monoisotopic (exact) mass is 825 g/mol. The van der Waals surface area contributed by atoms with Crippen molar-refractivity contribution in [1.29, 1.82) is 0 Å². The molecule has 0 saturated heterocycles. The van der Waals surface area contributed by atoms with E-state index in [0.717, 1.165) is 36.4 Å². The fraction of sp³-hybridized carbons (Fsp3) is 0. The third-order valence-electron chi connectivity index (χ3n) is 6.11. The van der Waals surface area contributed by atoms with Crippen LogP contribution >= 0.6 is 24.1 Å². The molecule has 4 aromatic rings. The number of azo groups is 2. The van der Waals surface area contributed by atoms with Crippen LogP contribution in [0.4, 0.5) is 28.4 Å². The van der Waals surface area contributed by atoms with Crippen LogP contribution in [-0.4, -0.2) is 64.7 Å². The van der Waals surface area contributed by atoms with E-state index < -0.39 is 84.9 Å². The number of aliphatic hydroxyl groups is 1. The molecule has 28 heteroatoms. The number of nitrogens with one attached hydrogen (secondary N) is 1. The van der Waals surface area contributed by atoms with Crippen molar-refractivity contribution in [3.05, 3.63) is 61.0 Å². The molecule has 4 rings (SSSR count). The molecule has 52 heavy (non-hydrogen) atoms. The first kappa shape index (κ1) is 40.2. The van der Waals surface area contributed by atoms with E-state index in [9.17, 15) is 54.2 Å². The minimum absolute atomic E-state index is 0.0621. The van der Waals surface area contributed by atoms with Crippen LogP contribution in [0.25, 0.3) is 10.8 Å². The molecule has 0 bridgehead atoms. The molecule has 0 atom stereocenters. The Kier molecular flexibility index (Phi) is 12.4. The summed E-state index contributed by atoms with van der Waals surface area (Å²) in [5.41, 5.74) is -2.66. The van der Waals surface area contributed by atoms with Gasteiger partial charge in [-0.05, 0) is 60.5 Å². The lowest BCUT2D eigenvalue weighted by atomic mass is 10.1. The van der Waals surface area contributed by atoms with Crippen molar-refractivity contribution in [2.24, 2.45) is 20.5 Å². The van der Waals surface area contributed by atoms with Crippen LogP contribution in [0, 0.1) is 0 Å². The van der Waals surface area contributed by atoms with Gasteiger partial charge in [0.15, 0.2) is 17.4 Å². The zero-order valence-electron chi connectivity index (χ0n) is 24.8. The summed E-state index contributed by atoms with van der Waals surface area (Å²) < 4.78 is 110. The van der Waals surface area contributed by atoms with Gasteiger partial charge in [0.25, 0.3) is 30.4 Å². The Morgan fingerprint density at radius 2 is 1.23 bits per heavy atom. The smallest absolute Gasteiger partial charge is 0.296 e. The van der Waals surface area contributed by atoms with Crippen molar-refractivity contribution >= 4 is 93.6 Å². The molecule has 0 radical (unpaired) electrons. The molecule has 0 spiro atoms. The molecule has 0 aromatic heterocycles. The average Bonchev–Trinajstić information content (AvgIpc) is 3.04. The van der Waals surface area contributed by atoms with E-state index in [2.05, 4.69) is 51.1 Å². The second kappa shape index (κ2) is 16.0. The number of phenolic OH excluding ortho intramolecular Hbond substituents is 2. The van der Waals surface area contributed by atoms with Crippen LogP contribution in [0.5, 0.6) is 11.5 Å². The standard InChI is InChI=1S/C24H19N5O18S5/c1-10(30)25-12-2-4-15(18(8-12)51(38,39)40)27-28-21-17(49-47-45-34)6-11-7-19(52(41,42)43)22(24(32)20(11)23(21)31)29-26-14-5-3-13(50(35,36)37)9-16(14)48-46-44-33/h2-9,25,30-34H,1H2,(H,35,36,37)(H,38,39,40)(H,41,42,43). The lowest BCUT2D eigenvalue weighted by molar-refractivity contribution is -0.432.